The second-order valence-corrected chi connectivity index (χ2v) is 7.91. The molecule has 100 valence electrons. The topological polar surface area (TPSA) is 75.6 Å². The first-order chi connectivity index (χ1) is 7.76. The number of methoxy groups -OCH3 is 1. The van der Waals surface area contributed by atoms with Crippen LogP contribution in [0.25, 0.3) is 0 Å². The monoisotopic (exact) mass is 263 g/mol. The molecule has 0 aromatic rings. The summed E-state index contributed by atoms with van der Waals surface area (Å²) in [5, 5.41) is 13.0. The summed E-state index contributed by atoms with van der Waals surface area (Å²) in [5.74, 6) is -0.0794. The zero-order valence-corrected chi connectivity index (χ0v) is 11.3. The zero-order valence-electron chi connectivity index (χ0n) is 10.5. The van der Waals surface area contributed by atoms with Crippen molar-refractivity contribution in [3.63, 3.8) is 0 Å². The van der Waals surface area contributed by atoms with Crippen LogP contribution in [0.2, 0.25) is 0 Å². The number of nitrogens with one attached hydrogen (secondary N) is 1. The molecule has 2 rings (SSSR count). The molecule has 4 atom stereocenters. The highest BCUT2D eigenvalue weighted by molar-refractivity contribution is 7.91. The summed E-state index contributed by atoms with van der Waals surface area (Å²) in [4.78, 5) is 0. The smallest absolute Gasteiger partial charge is 0.154 e. The van der Waals surface area contributed by atoms with E-state index in [1.807, 2.05) is 0 Å². The maximum atomic E-state index is 11.4. The van der Waals surface area contributed by atoms with E-state index in [1.165, 1.54) is 0 Å². The normalized spacial score (nSPS) is 43.3. The van der Waals surface area contributed by atoms with Crippen molar-refractivity contribution in [2.75, 3.05) is 18.6 Å². The average molecular weight is 263 g/mol. The van der Waals surface area contributed by atoms with Crippen LogP contribution < -0.4 is 5.32 Å². The molecule has 2 aliphatic rings. The quantitative estimate of drug-likeness (QED) is 0.721. The lowest BCUT2D eigenvalue weighted by Crippen LogP contribution is -2.63. The second-order valence-electron chi connectivity index (χ2n) is 5.75. The van der Waals surface area contributed by atoms with Gasteiger partial charge in [0.25, 0.3) is 0 Å². The van der Waals surface area contributed by atoms with E-state index < -0.39 is 15.9 Å². The third-order valence-electron chi connectivity index (χ3n) is 4.20. The van der Waals surface area contributed by atoms with Crippen LogP contribution in [-0.4, -0.2) is 56.4 Å². The van der Waals surface area contributed by atoms with Crippen molar-refractivity contribution in [3.05, 3.63) is 0 Å². The van der Waals surface area contributed by atoms with Gasteiger partial charge in [0.05, 0.1) is 23.7 Å². The molecule has 0 spiro atoms. The van der Waals surface area contributed by atoms with Crippen LogP contribution in [0.15, 0.2) is 0 Å². The zero-order chi connectivity index (χ0) is 12.8. The number of hydrogen-bond donors (Lipinski definition) is 2. The van der Waals surface area contributed by atoms with E-state index in [-0.39, 0.29) is 35.1 Å². The maximum Gasteiger partial charge on any atom is 0.154 e. The van der Waals surface area contributed by atoms with Crippen molar-refractivity contribution in [2.24, 2.45) is 5.41 Å². The molecule has 2 N–H and O–H groups in total. The molecule has 0 aromatic heterocycles. The fourth-order valence-electron chi connectivity index (χ4n) is 2.81. The van der Waals surface area contributed by atoms with E-state index in [0.29, 0.717) is 0 Å². The van der Waals surface area contributed by atoms with Crippen LogP contribution in [0.5, 0.6) is 0 Å². The molecule has 5 nitrogen and oxygen atoms in total. The minimum absolute atomic E-state index is 0.0131. The van der Waals surface area contributed by atoms with Crippen LogP contribution >= 0.6 is 0 Å². The van der Waals surface area contributed by atoms with Crippen molar-refractivity contribution in [2.45, 2.75) is 44.6 Å². The molecule has 1 heterocycles. The standard InChI is InChI=1S/C11H21NO4S/c1-11(2)9(4-10(11)16-3)12-7-5-17(14,15)6-8(7)13/h7-10,12-13H,4-6H2,1-3H3. The van der Waals surface area contributed by atoms with Gasteiger partial charge in [-0.05, 0) is 6.42 Å². The Morgan fingerprint density at radius 1 is 1.35 bits per heavy atom. The van der Waals surface area contributed by atoms with Crippen LogP contribution in [0.3, 0.4) is 0 Å². The number of rotatable bonds is 3. The highest BCUT2D eigenvalue weighted by Crippen LogP contribution is 2.42. The predicted octanol–water partition coefficient (Wildman–Crippen LogP) is -0.453. The molecule has 0 aromatic carbocycles. The lowest BCUT2D eigenvalue weighted by molar-refractivity contribution is -0.102. The van der Waals surface area contributed by atoms with E-state index in [2.05, 4.69) is 19.2 Å². The summed E-state index contributed by atoms with van der Waals surface area (Å²) >= 11 is 0. The van der Waals surface area contributed by atoms with Crippen LogP contribution in [-0.2, 0) is 14.6 Å². The molecule has 2 fully saturated rings. The summed E-state index contributed by atoms with van der Waals surface area (Å²) in [7, 11) is -1.38. The van der Waals surface area contributed by atoms with Crippen LogP contribution in [0, 0.1) is 5.41 Å². The molecule has 1 saturated carbocycles. The molecular weight excluding hydrogens is 242 g/mol. The van der Waals surface area contributed by atoms with Gasteiger partial charge >= 0.3 is 0 Å². The Morgan fingerprint density at radius 2 is 2.00 bits per heavy atom. The summed E-state index contributed by atoms with van der Waals surface area (Å²) < 4.78 is 28.1. The van der Waals surface area contributed by atoms with Crippen molar-refractivity contribution in [1.29, 1.82) is 0 Å². The summed E-state index contributed by atoms with van der Waals surface area (Å²) in [6.07, 6.45) is 0.291. The van der Waals surface area contributed by atoms with Gasteiger partial charge in [-0.2, -0.15) is 0 Å². The fraction of sp³-hybridized carbons (Fsp3) is 1.00. The Labute approximate surface area is 102 Å². The molecule has 1 aliphatic heterocycles. The Kier molecular flexibility index (Phi) is 3.27. The van der Waals surface area contributed by atoms with Crippen LogP contribution in [0.1, 0.15) is 20.3 Å². The van der Waals surface area contributed by atoms with Gasteiger partial charge in [0.1, 0.15) is 0 Å². The van der Waals surface area contributed by atoms with E-state index in [9.17, 15) is 13.5 Å². The highest BCUT2D eigenvalue weighted by Gasteiger charge is 2.50. The molecular formula is C11H21NO4S. The molecule has 17 heavy (non-hydrogen) atoms. The van der Waals surface area contributed by atoms with Crippen molar-refractivity contribution in [3.8, 4) is 0 Å². The third-order valence-corrected chi connectivity index (χ3v) is 5.92. The Hall–Kier alpha value is -0.170. The Balaban J connectivity index is 1.96. The number of sulfone groups is 1. The van der Waals surface area contributed by atoms with Crippen molar-refractivity contribution in [1.82, 2.24) is 5.32 Å². The summed E-state index contributed by atoms with van der Waals surface area (Å²) in [5.41, 5.74) is -0.0131. The van der Waals surface area contributed by atoms with Gasteiger partial charge in [0.15, 0.2) is 9.84 Å². The van der Waals surface area contributed by atoms with Gasteiger partial charge in [0.2, 0.25) is 0 Å². The summed E-state index contributed by atoms with van der Waals surface area (Å²) in [6, 6.07) is -0.123. The predicted molar refractivity (Wildman–Crippen MR) is 64.6 cm³/mol. The average Bonchev–Trinajstić information content (AvgIpc) is 2.45. The largest absolute Gasteiger partial charge is 0.390 e. The fourth-order valence-corrected chi connectivity index (χ4v) is 4.57. The molecule has 1 saturated heterocycles. The number of aliphatic hydroxyl groups is 1. The van der Waals surface area contributed by atoms with Crippen molar-refractivity contribution >= 4 is 9.84 Å². The minimum atomic E-state index is -3.07. The van der Waals surface area contributed by atoms with Gasteiger partial charge in [-0.15, -0.1) is 0 Å². The maximum absolute atomic E-state index is 11.4. The van der Waals surface area contributed by atoms with E-state index in [1.54, 1.807) is 7.11 Å². The highest BCUT2D eigenvalue weighted by atomic mass is 32.2. The molecule has 1 aliphatic carbocycles. The van der Waals surface area contributed by atoms with Gasteiger partial charge in [-0.3, -0.25) is 0 Å². The van der Waals surface area contributed by atoms with Crippen molar-refractivity contribution < 1.29 is 18.3 Å². The SMILES string of the molecule is COC1CC(NC2CS(=O)(=O)CC2O)C1(C)C. The number of hydrogen-bond acceptors (Lipinski definition) is 5. The Bertz CT molecular complexity index is 392. The molecule has 0 bridgehead atoms. The third kappa shape index (κ3) is 2.36. The van der Waals surface area contributed by atoms with E-state index in [4.69, 9.17) is 4.74 Å². The minimum Gasteiger partial charge on any atom is -0.390 e. The lowest BCUT2D eigenvalue weighted by atomic mass is 9.64. The molecule has 4 unspecified atom stereocenters. The van der Waals surface area contributed by atoms with E-state index in [0.717, 1.165) is 6.42 Å². The van der Waals surface area contributed by atoms with Crippen LogP contribution in [0.4, 0.5) is 0 Å². The Morgan fingerprint density at radius 3 is 2.41 bits per heavy atom. The molecule has 0 radical (unpaired) electrons. The first-order valence-corrected chi connectivity index (χ1v) is 7.76. The van der Waals surface area contributed by atoms with E-state index >= 15 is 0 Å². The van der Waals surface area contributed by atoms with Gasteiger partial charge in [-0.25, -0.2) is 8.42 Å². The number of ether oxygens (including phenoxy) is 1. The first-order valence-electron chi connectivity index (χ1n) is 5.93. The van der Waals surface area contributed by atoms with Gasteiger partial charge < -0.3 is 15.2 Å². The molecule has 6 heteroatoms. The first kappa shape index (κ1) is 13.3. The second kappa shape index (κ2) is 4.19. The molecule has 0 amide bonds. The number of aliphatic hydroxyl groups excluding tert-OH is 1. The lowest BCUT2D eigenvalue weighted by Gasteiger charge is -2.52. The van der Waals surface area contributed by atoms with Gasteiger partial charge in [-0.1, -0.05) is 13.8 Å². The summed E-state index contributed by atoms with van der Waals surface area (Å²) in [6.45, 7) is 4.19. The van der Waals surface area contributed by atoms with Gasteiger partial charge in [0, 0.05) is 24.6 Å².